The van der Waals surface area contributed by atoms with Gasteiger partial charge in [0, 0.05) is 6.04 Å². The van der Waals surface area contributed by atoms with Gasteiger partial charge >= 0.3 is 32.7 Å². The van der Waals surface area contributed by atoms with Gasteiger partial charge in [0.05, 0.1) is 16.3 Å². The summed E-state index contributed by atoms with van der Waals surface area (Å²) in [7, 11) is 0. The first-order valence-corrected chi connectivity index (χ1v) is 7.99. The molecule has 1 atom stereocenters. The number of hydrogen-bond acceptors (Lipinski definition) is 3. The van der Waals surface area contributed by atoms with E-state index in [1.54, 1.807) is 13.0 Å². The van der Waals surface area contributed by atoms with Crippen LogP contribution in [0.5, 0.6) is 0 Å². The molecule has 7 heteroatoms. The van der Waals surface area contributed by atoms with Crippen LogP contribution in [-0.4, -0.2) is 17.1 Å². The topological polar surface area (TPSA) is 55.1 Å². The quantitative estimate of drug-likeness (QED) is 0.747. The van der Waals surface area contributed by atoms with E-state index in [1.165, 1.54) is 12.1 Å². The van der Waals surface area contributed by atoms with Gasteiger partial charge in [0.25, 0.3) is 5.91 Å². The average Bonchev–Trinajstić information content (AvgIpc) is 2.90. The molecular formula is C17H17ClFN2O2Y+2. The van der Waals surface area contributed by atoms with Crippen LogP contribution < -0.4 is 5.32 Å². The Kier molecular flexibility index (Phi) is 6.96. The monoisotopic (exact) mass is 424 g/mol. The first-order chi connectivity index (χ1) is 11.1. The Hall–Kier alpha value is -0.776. The molecule has 1 fully saturated rings. The van der Waals surface area contributed by atoms with E-state index in [0.29, 0.717) is 5.69 Å². The number of hydrogen-bond donors (Lipinski definition) is 1. The van der Waals surface area contributed by atoms with Gasteiger partial charge in [-0.2, -0.15) is 12.8 Å². The van der Waals surface area contributed by atoms with Crippen LogP contribution in [0.3, 0.4) is 0 Å². The molecule has 0 aliphatic heterocycles. The van der Waals surface area contributed by atoms with E-state index in [-0.39, 0.29) is 66.6 Å². The fraction of sp³-hybridized carbons (Fsp3) is 0.353. The molecule has 24 heavy (non-hydrogen) atoms. The molecule has 0 spiro atoms. The third kappa shape index (κ3) is 4.06. The number of nitrogens with one attached hydrogen (secondary N) is 1. The van der Waals surface area contributed by atoms with E-state index < -0.39 is 5.82 Å². The number of aromatic nitrogens is 1. The third-order valence-electron chi connectivity index (χ3n) is 4.03. The predicted octanol–water partition coefficient (Wildman–Crippen LogP) is 4.32. The van der Waals surface area contributed by atoms with Crippen LogP contribution in [0.15, 0.2) is 22.7 Å². The van der Waals surface area contributed by atoms with Crippen LogP contribution in [0.25, 0.3) is 11.3 Å². The summed E-state index contributed by atoms with van der Waals surface area (Å²) in [6.45, 7) is 1.66. The molecule has 1 aliphatic rings. The molecule has 1 aromatic heterocycles. The Morgan fingerprint density at radius 3 is 2.96 bits per heavy atom. The largest absolute Gasteiger partial charge is 3.00 e. The maximum absolute atomic E-state index is 14.1. The Morgan fingerprint density at radius 1 is 1.50 bits per heavy atom. The van der Waals surface area contributed by atoms with E-state index in [2.05, 4.69) is 16.9 Å². The van der Waals surface area contributed by atoms with Gasteiger partial charge in [0.1, 0.15) is 11.4 Å². The molecule has 0 saturated heterocycles. The van der Waals surface area contributed by atoms with Gasteiger partial charge in [0.2, 0.25) is 0 Å². The second-order valence-corrected chi connectivity index (χ2v) is 6.10. The van der Waals surface area contributed by atoms with Crippen LogP contribution in [0.2, 0.25) is 5.02 Å². The van der Waals surface area contributed by atoms with Crippen molar-refractivity contribution in [2.45, 2.75) is 38.6 Å². The summed E-state index contributed by atoms with van der Waals surface area (Å²) in [5.41, 5.74) is 0.717. The van der Waals surface area contributed by atoms with Crippen molar-refractivity contribution in [2.24, 2.45) is 0 Å². The SMILES string of the molecule is Cc1noc(-c2c(F)cccc2Cl)c1C(=O)NC1C[CH-]CCC1.[Y+3]. The van der Waals surface area contributed by atoms with Gasteiger partial charge in [-0.25, -0.2) is 4.39 Å². The number of halogens is 2. The van der Waals surface area contributed by atoms with Gasteiger partial charge in [0.15, 0.2) is 5.76 Å². The normalized spacial score (nSPS) is 17.2. The maximum atomic E-state index is 14.1. The number of rotatable bonds is 3. The van der Waals surface area contributed by atoms with Gasteiger partial charge in [-0.1, -0.05) is 29.2 Å². The predicted molar refractivity (Wildman–Crippen MR) is 85.7 cm³/mol. The molecular weight excluding hydrogens is 408 g/mol. The third-order valence-corrected chi connectivity index (χ3v) is 4.34. The number of amides is 1. The van der Waals surface area contributed by atoms with Crippen LogP contribution in [0.4, 0.5) is 4.39 Å². The molecule has 1 N–H and O–H groups in total. The Bertz CT molecular complexity index is 709. The molecule has 1 aromatic carbocycles. The average molecular weight is 425 g/mol. The van der Waals surface area contributed by atoms with E-state index in [4.69, 9.17) is 16.1 Å². The van der Waals surface area contributed by atoms with Crippen LogP contribution >= 0.6 is 11.6 Å². The summed E-state index contributed by atoms with van der Waals surface area (Å²) >= 11 is 6.08. The number of aryl methyl sites for hydroxylation is 1. The minimum atomic E-state index is -0.548. The molecule has 1 saturated carbocycles. The van der Waals surface area contributed by atoms with Crippen LogP contribution in [0.1, 0.15) is 41.7 Å². The molecule has 122 valence electrons. The zero-order valence-electron chi connectivity index (χ0n) is 13.3. The van der Waals surface area contributed by atoms with Crippen molar-refractivity contribution in [3.8, 4) is 11.3 Å². The van der Waals surface area contributed by atoms with Crippen molar-refractivity contribution in [3.63, 3.8) is 0 Å². The summed E-state index contributed by atoms with van der Waals surface area (Å²) in [6.07, 6.45) is 6.08. The van der Waals surface area contributed by atoms with Crippen LogP contribution in [0, 0.1) is 19.2 Å². The zero-order chi connectivity index (χ0) is 16.4. The van der Waals surface area contributed by atoms with Crippen LogP contribution in [-0.2, 0) is 32.7 Å². The Balaban J connectivity index is 0.00000208. The van der Waals surface area contributed by atoms with Crippen molar-refractivity contribution in [1.29, 1.82) is 0 Å². The Morgan fingerprint density at radius 2 is 2.29 bits per heavy atom. The van der Waals surface area contributed by atoms with Gasteiger partial charge < -0.3 is 16.3 Å². The Labute approximate surface area is 170 Å². The van der Waals surface area contributed by atoms with Gasteiger partial charge in [-0.15, -0.1) is 0 Å². The molecule has 1 aliphatic carbocycles. The number of carbonyl (C=O) groups excluding carboxylic acids is 1. The zero-order valence-corrected chi connectivity index (χ0v) is 16.9. The van der Waals surface area contributed by atoms with Crippen molar-refractivity contribution < 1.29 is 46.4 Å². The minimum absolute atomic E-state index is 0. The molecule has 3 rings (SSSR count). The second kappa shape index (κ2) is 8.55. The number of nitrogens with zero attached hydrogens (tertiary/aromatic N) is 1. The molecule has 1 amide bonds. The van der Waals surface area contributed by atoms with E-state index >= 15 is 0 Å². The van der Waals surface area contributed by atoms with Crippen molar-refractivity contribution >= 4 is 17.5 Å². The van der Waals surface area contributed by atoms with E-state index in [1.807, 2.05) is 0 Å². The fourth-order valence-electron chi connectivity index (χ4n) is 2.86. The molecule has 0 radical (unpaired) electrons. The summed E-state index contributed by atoms with van der Waals surface area (Å²) in [4.78, 5) is 12.6. The molecule has 4 nitrogen and oxygen atoms in total. The summed E-state index contributed by atoms with van der Waals surface area (Å²) in [5, 5.41) is 6.98. The summed E-state index contributed by atoms with van der Waals surface area (Å²) < 4.78 is 19.3. The first kappa shape index (κ1) is 19.5. The fourth-order valence-corrected chi connectivity index (χ4v) is 3.11. The number of carbonyl (C=O) groups is 1. The number of benzene rings is 1. The molecule has 1 heterocycles. The minimum Gasteiger partial charge on any atom is -0.355 e. The summed E-state index contributed by atoms with van der Waals surface area (Å²) in [6, 6.07) is 4.42. The van der Waals surface area contributed by atoms with E-state index in [0.717, 1.165) is 25.7 Å². The molecule has 0 bridgehead atoms. The van der Waals surface area contributed by atoms with Crippen molar-refractivity contribution in [1.82, 2.24) is 10.5 Å². The van der Waals surface area contributed by atoms with Crippen molar-refractivity contribution in [3.05, 3.63) is 46.7 Å². The second-order valence-electron chi connectivity index (χ2n) is 5.69. The van der Waals surface area contributed by atoms with Gasteiger partial charge in [-0.3, -0.25) is 4.79 Å². The van der Waals surface area contributed by atoms with Crippen molar-refractivity contribution in [2.75, 3.05) is 0 Å². The van der Waals surface area contributed by atoms with Gasteiger partial charge in [-0.05, 0) is 25.5 Å². The standard InChI is InChI=1S/C17H17ClFN2O2.Y/c1-10-14(17(22)20-11-6-3-2-4-7-11)16(23-21-10)15-12(18)8-5-9-13(15)19;/h3,5,8-9,11H,2,4,6-7H2,1H3,(H,20,22);/q-1;+3. The summed E-state index contributed by atoms with van der Waals surface area (Å²) in [5.74, 6) is -0.782. The molecule has 1 unspecified atom stereocenters. The maximum Gasteiger partial charge on any atom is 3.00 e. The van der Waals surface area contributed by atoms with E-state index in [9.17, 15) is 9.18 Å². The smallest absolute Gasteiger partial charge is 0.355 e. The molecule has 2 aromatic rings. The first-order valence-electron chi connectivity index (χ1n) is 7.61.